The molecule has 0 unspecified atom stereocenters. The van der Waals surface area contributed by atoms with Crippen LogP contribution < -0.4 is 4.90 Å². The Bertz CT molecular complexity index is 3520. The zero-order valence-electron chi connectivity index (χ0n) is 32.1. The van der Waals surface area contributed by atoms with Gasteiger partial charge in [-0.3, -0.25) is 0 Å². The van der Waals surface area contributed by atoms with Crippen molar-refractivity contribution < 1.29 is 4.42 Å². The molecule has 276 valence electrons. The summed E-state index contributed by atoms with van der Waals surface area (Å²) in [6, 6.07) is 78.8. The van der Waals surface area contributed by atoms with Crippen molar-refractivity contribution in [3.05, 3.63) is 218 Å². The van der Waals surface area contributed by atoms with Crippen LogP contribution in [0.5, 0.6) is 0 Å². The molecule has 3 heteroatoms. The van der Waals surface area contributed by atoms with Crippen LogP contribution in [-0.2, 0) is 0 Å². The highest BCUT2D eigenvalue weighted by Gasteiger charge is 2.19. The van der Waals surface area contributed by atoms with E-state index >= 15 is 0 Å². The molecule has 0 saturated heterocycles. The summed E-state index contributed by atoms with van der Waals surface area (Å²) in [6.07, 6.45) is 0. The van der Waals surface area contributed by atoms with E-state index in [1.54, 1.807) is 0 Å². The quantitative estimate of drug-likeness (QED) is 0.169. The maximum Gasteiger partial charge on any atom is 0.136 e. The van der Waals surface area contributed by atoms with Crippen molar-refractivity contribution in [2.24, 2.45) is 0 Å². The zero-order chi connectivity index (χ0) is 38.9. The van der Waals surface area contributed by atoms with Gasteiger partial charge in [-0.25, -0.2) is 0 Å². The van der Waals surface area contributed by atoms with Crippen molar-refractivity contribution in [3.8, 4) is 27.9 Å². The molecule has 12 rings (SSSR count). The van der Waals surface area contributed by atoms with Gasteiger partial charge in [0.1, 0.15) is 11.2 Å². The number of aromatic nitrogens is 1. The molecular weight excluding hydrogens is 717 g/mol. The second kappa shape index (κ2) is 13.4. The Morgan fingerprint density at radius 3 is 1.75 bits per heavy atom. The molecule has 0 aliphatic heterocycles. The highest BCUT2D eigenvalue weighted by atomic mass is 16.3. The average Bonchev–Trinajstić information content (AvgIpc) is 3.84. The number of para-hydroxylation sites is 2. The van der Waals surface area contributed by atoms with Crippen LogP contribution in [0.1, 0.15) is 0 Å². The van der Waals surface area contributed by atoms with E-state index in [-0.39, 0.29) is 0 Å². The lowest BCUT2D eigenvalue weighted by Gasteiger charge is -2.27. The number of anilines is 3. The first-order valence-electron chi connectivity index (χ1n) is 20.2. The Labute approximate surface area is 341 Å². The second-order valence-electron chi connectivity index (χ2n) is 15.3. The minimum Gasteiger partial charge on any atom is -0.456 e. The molecule has 0 fully saturated rings. The number of hydrogen-bond donors (Lipinski definition) is 0. The summed E-state index contributed by atoms with van der Waals surface area (Å²) in [6.45, 7) is 0. The molecule has 0 spiro atoms. The SMILES string of the molecule is c1ccc(-c2ccc(N(c3ccc(-c4ccc5c(c4)c4ccc6cc7oc8ccccc8c7cc6c4n5-c4ccccc4)cc3)c3cccc4ccccc34)cc2)cc1. The normalized spacial score (nSPS) is 11.7. The summed E-state index contributed by atoms with van der Waals surface area (Å²) in [4.78, 5) is 2.38. The van der Waals surface area contributed by atoms with E-state index in [1.807, 2.05) is 6.07 Å². The van der Waals surface area contributed by atoms with Crippen molar-refractivity contribution in [1.29, 1.82) is 0 Å². The summed E-state index contributed by atoms with van der Waals surface area (Å²) in [5, 5.41) is 9.51. The van der Waals surface area contributed by atoms with E-state index < -0.39 is 0 Å². The van der Waals surface area contributed by atoms with Crippen LogP contribution in [0.3, 0.4) is 0 Å². The summed E-state index contributed by atoms with van der Waals surface area (Å²) >= 11 is 0. The smallest absolute Gasteiger partial charge is 0.136 e. The lowest BCUT2D eigenvalue weighted by Crippen LogP contribution is -2.10. The lowest BCUT2D eigenvalue weighted by molar-refractivity contribution is 0.669. The largest absolute Gasteiger partial charge is 0.456 e. The Morgan fingerprint density at radius 2 is 0.966 bits per heavy atom. The molecule has 0 saturated carbocycles. The maximum absolute atomic E-state index is 6.31. The number of furan rings is 1. The third-order valence-electron chi connectivity index (χ3n) is 12.0. The van der Waals surface area contributed by atoms with Gasteiger partial charge in [-0.05, 0) is 106 Å². The highest BCUT2D eigenvalue weighted by molar-refractivity contribution is 6.22. The van der Waals surface area contributed by atoms with E-state index in [1.165, 1.54) is 60.2 Å². The van der Waals surface area contributed by atoms with Crippen LogP contribution in [-0.4, -0.2) is 4.57 Å². The monoisotopic (exact) mass is 752 g/mol. The Hall–Kier alpha value is -7.88. The zero-order valence-corrected chi connectivity index (χ0v) is 32.1. The molecule has 0 aliphatic rings. The fourth-order valence-corrected chi connectivity index (χ4v) is 9.14. The number of rotatable bonds is 6. The van der Waals surface area contributed by atoms with Gasteiger partial charge in [0, 0.05) is 49.4 Å². The first-order valence-corrected chi connectivity index (χ1v) is 20.2. The second-order valence-corrected chi connectivity index (χ2v) is 15.3. The van der Waals surface area contributed by atoms with Crippen LogP contribution in [0, 0.1) is 0 Å². The summed E-state index contributed by atoms with van der Waals surface area (Å²) in [7, 11) is 0. The minimum atomic E-state index is 0.911. The van der Waals surface area contributed by atoms with Gasteiger partial charge in [-0.1, -0.05) is 146 Å². The molecule has 0 atom stereocenters. The predicted molar refractivity (Wildman–Crippen MR) is 249 cm³/mol. The molecular formula is C56H36N2O. The van der Waals surface area contributed by atoms with Gasteiger partial charge >= 0.3 is 0 Å². The van der Waals surface area contributed by atoms with Gasteiger partial charge < -0.3 is 13.9 Å². The third-order valence-corrected chi connectivity index (χ3v) is 12.0. The molecule has 2 heterocycles. The van der Waals surface area contributed by atoms with Crippen LogP contribution in [0.4, 0.5) is 17.1 Å². The van der Waals surface area contributed by atoms with Gasteiger partial charge in [0.15, 0.2) is 0 Å². The summed E-state index contributed by atoms with van der Waals surface area (Å²) in [5.41, 5.74) is 13.4. The highest BCUT2D eigenvalue weighted by Crippen LogP contribution is 2.43. The van der Waals surface area contributed by atoms with Crippen LogP contribution >= 0.6 is 0 Å². The predicted octanol–water partition coefficient (Wildman–Crippen LogP) is 15.8. The Balaban J connectivity index is 1.00. The summed E-state index contributed by atoms with van der Waals surface area (Å²) < 4.78 is 8.74. The van der Waals surface area contributed by atoms with Gasteiger partial charge in [-0.15, -0.1) is 0 Å². The van der Waals surface area contributed by atoms with Crippen LogP contribution in [0.15, 0.2) is 223 Å². The van der Waals surface area contributed by atoms with Crippen molar-refractivity contribution in [2.45, 2.75) is 0 Å². The van der Waals surface area contributed by atoms with E-state index in [0.29, 0.717) is 0 Å². The Kier molecular flexibility index (Phi) is 7.54. The summed E-state index contributed by atoms with van der Waals surface area (Å²) in [5.74, 6) is 0. The molecule has 59 heavy (non-hydrogen) atoms. The maximum atomic E-state index is 6.31. The molecule has 10 aromatic carbocycles. The van der Waals surface area contributed by atoms with Gasteiger partial charge in [0.2, 0.25) is 0 Å². The average molecular weight is 753 g/mol. The number of fused-ring (bicyclic) bond motifs is 9. The lowest BCUT2D eigenvalue weighted by atomic mass is 10.00. The van der Waals surface area contributed by atoms with Gasteiger partial charge in [0.05, 0.1) is 16.7 Å². The van der Waals surface area contributed by atoms with Crippen molar-refractivity contribution in [2.75, 3.05) is 4.90 Å². The standard InChI is InChI=1S/C56H36N2O/c1-3-12-37(13-4-1)38-22-28-44(29-23-38)57(52-20-11-15-40-14-7-8-18-46(40)52)45-30-24-39(25-31-45)41-27-33-53-50(34-41)48-32-26-42-35-55-51(47-19-9-10-21-54(47)59-55)36-49(42)56(48)58(53)43-16-5-2-6-17-43/h1-36H. The van der Waals surface area contributed by atoms with E-state index in [4.69, 9.17) is 4.42 Å². The van der Waals surface area contributed by atoms with Crippen LogP contribution in [0.25, 0.3) is 93.2 Å². The molecule has 3 nitrogen and oxygen atoms in total. The number of benzene rings is 10. The molecule has 12 aromatic rings. The van der Waals surface area contributed by atoms with Crippen molar-refractivity contribution in [3.63, 3.8) is 0 Å². The fraction of sp³-hybridized carbons (Fsp3) is 0. The first-order chi connectivity index (χ1) is 29.2. The van der Waals surface area contributed by atoms with E-state index in [2.05, 4.69) is 222 Å². The number of hydrogen-bond acceptors (Lipinski definition) is 2. The first kappa shape index (κ1) is 33.3. The van der Waals surface area contributed by atoms with Crippen molar-refractivity contribution in [1.82, 2.24) is 4.57 Å². The number of nitrogens with zero attached hydrogens (tertiary/aromatic N) is 2. The molecule has 0 bridgehead atoms. The molecule has 0 radical (unpaired) electrons. The fourth-order valence-electron chi connectivity index (χ4n) is 9.14. The molecule has 2 aromatic heterocycles. The molecule has 0 amide bonds. The van der Waals surface area contributed by atoms with Gasteiger partial charge in [-0.2, -0.15) is 0 Å². The minimum absolute atomic E-state index is 0.911. The third kappa shape index (κ3) is 5.44. The Morgan fingerprint density at radius 1 is 0.339 bits per heavy atom. The van der Waals surface area contributed by atoms with Crippen molar-refractivity contribution >= 4 is 82.4 Å². The molecule has 0 N–H and O–H groups in total. The van der Waals surface area contributed by atoms with E-state index in [0.717, 1.165) is 50.1 Å². The van der Waals surface area contributed by atoms with Crippen LogP contribution in [0.2, 0.25) is 0 Å². The van der Waals surface area contributed by atoms with E-state index in [9.17, 15) is 0 Å². The van der Waals surface area contributed by atoms with Gasteiger partial charge in [0.25, 0.3) is 0 Å². The molecule has 0 aliphatic carbocycles. The topological polar surface area (TPSA) is 21.3 Å².